The molecule has 2 nitrogen and oxygen atoms in total. The molecule has 84 valence electrons. The van der Waals surface area contributed by atoms with Gasteiger partial charge < -0.3 is 10.1 Å². The number of aromatic hydroxyl groups is 1. The number of aromatic nitrogens is 1. The molecule has 0 spiro atoms. The fourth-order valence-corrected chi connectivity index (χ4v) is 2.79. The summed E-state index contributed by atoms with van der Waals surface area (Å²) in [4.78, 5) is 4.02. The Morgan fingerprint density at radius 1 is 0.941 bits per heavy atom. The van der Waals surface area contributed by atoms with E-state index in [0.717, 1.165) is 20.7 Å². The molecule has 3 rings (SSSR count). The number of fused-ring (bicyclic) bond motifs is 1. The number of benzene rings is 2. The second kappa shape index (κ2) is 4.18. The van der Waals surface area contributed by atoms with E-state index >= 15 is 0 Å². The Morgan fingerprint density at radius 3 is 2.65 bits per heavy atom. The molecule has 3 aromatic rings. The van der Waals surface area contributed by atoms with Crippen molar-refractivity contribution in [3.63, 3.8) is 0 Å². The minimum atomic E-state index is 0.322. The van der Waals surface area contributed by atoms with Crippen LogP contribution in [0.15, 0.2) is 64.6 Å². The lowest BCUT2D eigenvalue weighted by Crippen LogP contribution is -1.79. The molecule has 0 unspecified atom stereocenters. The third-order valence-electron chi connectivity index (χ3n) is 2.64. The summed E-state index contributed by atoms with van der Waals surface area (Å²) in [6, 6.07) is 15.7. The molecule has 0 aliphatic heterocycles. The van der Waals surface area contributed by atoms with Gasteiger partial charge in [-0.15, -0.1) is 0 Å². The molecule has 0 fully saturated rings. The minimum absolute atomic E-state index is 0.322. The van der Waals surface area contributed by atoms with E-state index in [1.165, 1.54) is 0 Å². The fraction of sp³-hybridized carbons (Fsp3) is 0. The van der Waals surface area contributed by atoms with Crippen LogP contribution in [0.2, 0.25) is 0 Å². The van der Waals surface area contributed by atoms with Gasteiger partial charge in [0.25, 0.3) is 0 Å². The molecule has 0 aliphatic rings. The lowest BCUT2D eigenvalue weighted by molar-refractivity contribution is 0.464. The zero-order valence-electron chi connectivity index (χ0n) is 9.05. The van der Waals surface area contributed by atoms with Crippen molar-refractivity contribution < 1.29 is 5.11 Å². The molecule has 0 saturated carbocycles. The summed E-state index contributed by atoms with van der Waals surface area (Å²) >= 11 is 1.54. The van der Waals surface area contributed by atoms with E-state index in [4.69, 9.17) is 0 Å². The van der Waals surface area contributed by atoms with E-state index in [0.29, 0.717) is 5.75 Å². The molecule has 0 radical (unpaired) electrons. The maximum Gasteiger partial charge on any atom is 0.130 e. The van der Waals surface area contributed by atoms with Gasteiger partial charge in [-0.25, -0.2) is 0 Å². The van der Waals surface area contributed by atoms with Crippen molar-refractivity contribution in [1.29, 1.82) is 0 Å². The van der Waals surface area contributed by atoms with Crippen LogP contribution >= 0.6 is 11.8 Å². The van der Waals surface area contributed by atoms with Crippen LogP contribution in [-0.4, -0.2) is 10.1 Å². The number of H-pyrrole nitrogens is 1. The maximum atomic E-state index is 9.97. The van der Waals surface area contributed by atoms with Crippen LogP contribution in [0.5, 0.6) is 5.75 Å². The van der Waals surface area contributed by atoms with Crippen molar-refractivity contribution >= 4 is 22.5 Å². The van der Waals surface area contributed by atoms with Gasteiger partial charge in [-0.1, -0.05) is 42.1 Å². The summed E-state index contributed by atoms with van der Waals surface area (Å²) in [7, 11) is 0. The van der Waals surface area contributed by atoms with Gasteiger partial charge in [0.1, 0.15) is 5.75 Å². The summed E-state index contributed by atoms with van der Waals surface area (Å²) in [5.41, 5.74) is 0. The number of hydrogen-bond acceptors (Lipinski definition) is 2. The number of rotatable bonds is 2. The van der Waals surface area contributed by atoms with Crippen LogP contribution in [0.4, 0.5) is 0 Å². The van der Waals surface area contributed by atoms with Crippen molar-refractivity contribution in [2.45, 2.75) is 9.92 Å². The predicted molar refractivity (Wildman–Crippen MR) is 70.5 cm³/mol. The molecular formula is C14H11NOS. The topological polar surface area (TPSA) is 36.0 Å². The Labute approximate surface area is 103 Å². The highest BCUT2D eigenvalue weighted by molar-refractivity contribution is 7.99. The maximum absolute atomic E-state index is 9.97. The quantitative estimate of drug-likeness (QED) is 0.710. The lowest BCUT2D eigenvalue weighted by atomic mass is 10.1. The molecule has 2 N–H and O–H groups in total. The van der Waals surface area contributed by atoms with Gasteiger partial charge in [-0.05, 0) is 29.0 Å². The number of hydrogen-bond donors (Lipinski definition) is 2. The van der Waals surface area contributed by atoms with Gasteiger partial charge in [0.05, 0.1) is 9.92 Å². The highest BCUT2D eigenvalue weighted by Crippen LogP contribution is 2.38. The third kappa shape index (κ3) is 1.89. The van der Waals surface area contributed by atoms with Crippen LogP contribution in [-0.2, 0) is 0 Å². The number of nitrogens with one attached hydrogen (secondary N) is 1. The average Bonchev–Trinajstić information content (AvgIpc) is 2.86. The van der Waals surface area contributed by atoms with E-state index in [9.17, 15) is 5.11 Å². The third-order valence-corrected chi connectivity index (χ3v) is 3.75. The summed E-state index contributed by atoms with van der Waals surface area (Å²) in [5, 5.41) is 13.2. The normalized spacial score (nSPS) is 10.8. The van der Waals surface area contributed by atoms with E-state index in [-0.39, 0.29) is 0 Å². The van der Waals surface area contributed by atoms with Crippen molar-refractivity contribution in [2.75, 3.05) is 0 Å². The fourth-order valence-electron chi connectivity index (χ4n) is 1.83. The number of phenols is 1. The van der Waals surface area contributed by atoms with E-state index in [1.807, 2.05) is 48.7 Å². The molecule has 3 heteroatoms. The van der Waals surface area contributed by atoms with Crippen LogP contribution < -0.4 is 0 Å². The molecule has 0 saturated heterocycles. The Hall–Kier alpha value is -1.87. The van der Waals surface area contributed by atoms with Crippen LogP contribution in [0.3, 0.4) is 0 Å². The van der Waals surface area contributed by atoms with E-state index < -0.39 is 0 Å². The summed E-state index contributed by atoms with van der Waals surface area (Å²) < 4.78 is 0. The average molecular weight is 241 g/mol. The van der Waals surface area contributed by atoms with Gasteiger partial charge in [0, 0.05) is 6.20 Å². The SMILES string of the molecule is Oc1ccc2ccccc2c1Sc1ccc[nH]1. The van der Waals surface area contributed by atoms with Crippen molar-refractivity contribution in [3.05, 3.63) is 54.7 Å². The van der Waals surface area contributed by atoms with Crippen LogP contribution in [0.25, 0.3) is 10.8 Å². The Kier molecular flexibility index (Phi) is 2.53. The van der Waals surface area contributed by atoms with E-state index in [2.05, 4.69) is 4.98 Å². The summed E-state index contributed by atoms with van der Waals surface area (Å²) in [6.45, 7) is 0. The zero-order chi connectivity index (χ0) is 11.7. The molecule has 0 bridgehead atoms. The van der Waals surface area contributed by atoms with Crippen molar-refractivity contribution in [1.82, 2.24) is 4.98 Å². The molecular weight excluding hydrogens is 230 g/mol. The van der Waals surface area contributed by atoms with Gasteiger partial charge in [0.2, 0.25) is 0 Å². The van der Waals surface area contributed by atoms with Gasteiger partial charge in [-0.2, -0.15) is 0 Å². The van der Waals surface area contributed by atoms with Gasteiger partial charge in [-0.3, -0.25) is 0 Å². The smallest absolute Gasteiger partial charge is 0.130 e. The first-order valence-corrected chi connectivity index (χ1v) is 6.18. The minimum Gasteiger partial charge on any atom is -0.507 e. The van der Waals surface area contributed by atoms with Gasteiger partial charge >= 0.3 is 0 Å². The Bertz CT molecular complexity index is 646. The highest BCUT2D eigenvalue weighted by Gasteiger charge is 2.08. The zero-order valence-corrected chi connectivity index (χ0v) is 9.87. The van der Waals surface area contributed by atoms with Crippen LogP contribution in [0, 0.1) is 0 Å². The first-order valence-electron chi connectivity index (χ1n) is 5.36. The molecule has 2 aromatic carbocycles. The highest BCUT2D eigenvalue weighted by atomic mass is 32.2. The molecule has 0 atom stereocenters. The second-order valence-electron chi connectivity index (χ2n) is 3.77. The van der Waals surface area contributed by atoms with Gasteiger partial charge in [0.15, 0.2) is 0 Å². The molecule has 1 heterocycles. The first-order chi connectivity index (χ1) is 8.34. The monoisotopic (exact) mass is 241 g/mol. The van der Waals surface area contributed by atoms with E-state index in [1.54, 1.807) is 17.8 Å². The molecule has 17 heavy (non-hydrogen) atoms. The summed E-state index contributed by atoms with van der Waals surface area (Å²) in [6.07, 6.45) is 1.88. The largest absolute Gasteiger partial charge is 0.507 e. The van der Waals surface area contributed by atoms with Crippen molar-refractivity contribution in [2.24, 2.45) is 0 Å². The summed E-state index contributed by atoms with van der Waals surface area (Å²) in [5.74, 6) is 0.322. The molecule has 1 aromatic heterocycles. The first kappa shape index (κ1) is 10.3. The standard InChI is InChI=1S/C14H11NOS/c16-12-8-7-10-4-1-2-5-11(10)14(12)17-13-6-3-9-15-13/h1-9,15-16H. The lowest BCUT2D eigenvalue weighted by Gasteiger charge is -2.07. The Morgan fingerprint density at radius 2 is 1.82 bits per heavy atom. The van der Waals surface area contributed by atoms with Crippen LogP contribution in [0.1, 0.15) is 0 Å². The number of aromatic amines is 1. The Balaban J connectivity index is 2.17. The van der Waals surface area contributed by atoms with Crippen molar-refractivity contribution in [3.8, 4) is 5.75 Å². The molecule has 0 aliphatic carbocycles. The second-order valence-corrected chi connectivity index (χ2v) is 4.82. The molecule has 0 amide bonds. The number of phenolic OH excluding ortho intramolecular Hbond substituents is 1. The predicted octanol–water partition coefficient (Wildman–Crippen LogP) is 4.02.